The van der Waals surface area contributed by atoms with Gasteiger partial charge in [-0.3, -0.25) is 0 Å². The fraction of sp³-hybridized carbons (Fsp3) is 1.00. The molecule has 0 saturated heterocycles. The van der Waals surface area contributed by atoms with Crippen molar-refractivity contribution in [2.75, 3.05) is 13.1 Å². The normalized spacial score (nSPS) is 41.2. The Morgan fingerprint density at radius 1 is 1.00 bits per heavy atom. The Hall–Kier alpha value is -0.0400. The lowest BCUT2D eigenvalue weighted by molar-refractivity contribution is 0.132. The Bertz CT molecular complexity index is 238. The van der Waals surface area contributed by atoms with Gasteiger partial charge in [0, 0.05) is 0 Å². The molecule has 5 atom stereocenters. The first-order chi connectivity index (χ1) is 8.72. The second-order valence-electron chi connectivity index (χ2n) is 7.09. The first-order valence-corrected chi connectivity index (χ1v) is 8.43. The van der Waals surface area contributed by atoms with E-state index in [-0.39, 0.29) is 0 Å². The molecule has 18 heavy (non-hydrogen) atoms. The third kappa shape index (κ3) is 3.50. The number of hydrogen-bond donors (Lipinski definition) is 1. The Labute approximate surface area is 114 Å². The van der Waals surface area contributed by atoms with E-state index in [0.717, 1.165) is 29.6 Å². The highest BCUT2D eigenvalue weighted by Crippen LogP contribution is 2.45. The van der Waals surface area contributed by atoms with E-state index in [1.807, 2.05) is 0 Å². The Balaban J connectivity index is 1.83. The molecule has 2 saturated carbocycles. The van der Waals surface area contributed by atoms with Gasteiger partial charge >= 0.3 is 0 Å². The molecule has 2 aliphatic carbocycles. The minimum Gasteiger partial charge on any atom is -0.316 e. The highest BCUT2D eigenvalue weighted by molar-refractivity contribution is 4.87. The first kappa shape index (κ1) is 14.4. The molecule has 1 nitrogen and oxygen atoms in total. The minimum atomic E-state index is 0.966. The molecule has 0 bridgehead atoms. The van der Waals surface area contributed by atoms with Gasteiger partial charge in [-0.2, -0.15) is 0 Å². The Morgan fingerprint density at radius 3 is 2.56 bits per heavy atom. The van der Waals surface area contributed by atoms with Crippen molar-refractivity contribution >= 4 is 0 Å². The zero-order valence-electron chi connectivity index (χ0n) is 12.8. The summed E-state index contributed by atoms with van der Waals surface area (Å²) in [5.41, 5.74) is 0. The first-order valence-electron chi connectivity index (χ1n) is 8.43. The van der Waals surface area contributed by atoms with Gasteiger partial charge in [-0.25, -0.2) is 0 Å². The average Bonchev–Trinajstić information content (AvgIpc) is 2.81. The predicted octanol–water partition coefficient (Wildman–Crippen LogP) is 4.47. The van der Waals surface area contributed by atoms with Crippen molar-refractivity contribution in [2.45, 2.75) is 65.7 Å². The van der Waals surface area contributed by atoms with Gasteiger partial charge in [-0.15, -0.1) is 0 Å². The molecule has 0 aliphatic heterocycles. The molecule has 0 aromatic carbocycles. The van der Waals surface area contributed by atoms with Crippen molar-refractivity contribution in [2.24, 2.45) is 29.6 Å². The van der Waals surface area contributed by atoms with E-state index in [0.29, 0.717) is 0 Å². The van der Waals surface area contributed by atoms with Crippen LogP contribution in [0.25, 0.3) is 0 Å². The summed E-state index contributed by atoms with van der Waals surface area (Å²) in [7, 11) is 0. The van der Waals surface area contributed by atoms with Gasteiger partial charge in [-0.1, -0.05) is 33.6 Å². The second-order valence-corrected chi connectivity index (χ2v) is 7.09. The van der Waals surface area contributed by atoms with E-state index in [9.17, 15) is 0 Å². The van der Waals surface area contributed by atoms with Crippen molar-refractivity contribution in [3.05, 3.63) is 0 Å². The molecule has 2 rings (SSSR count). The van der Waals surface area contributed by atoms with Crippen molar-refractivity contribution < 1.29 is 0 Å². The topological polar surface area (TPSA) is 12.0 Å². The lowest BCUT2D eigenvalue weighted by Crippen LogP contribution is -2.32. The van der Waals surface area contributed by atoms with Crippen LogP contribution < -0.4 is 5.32 Å². The summed E-state index contributed by atoms with van der Waals surface area (Å²) in [6, 6.07) is 0. The summed E-state index contributed by atoms with van der Waals surface area (Å²) >= 11 is 0. The SMILES string of the molecule is CCCNCC1CCCC1C1CCC(C)C(C)C1. The smallest absolute Gasteiger partial charge is 0.00178 e. The van der Waals surface area contributed by atoms with Crippen molar-refractivity contribution in [3.8, 4) is 0 Å². The van der Waals surface area contributed by atoms with Gasteiger partial charge in [0.05, 0.1) is 0 Å². The van der Waals surface area contributed by atoms with Gasteiger partial charge < -0.3 is 5.32 Å². The molecule has 106 valence electrons. The van der Waals surface area contributed by atoms with Gasteiger partial charge in [-0.05, 0) is 74.8 Å². The molecule has 0 radical (unpaired) electrons. The monoisotopic (exact) mass is 251 g/mol. The molecule has 5 unspecified atom stereocenters. The molecule has 2 fully saturated rings. The average molecular weight is 251 g/mol. The van der Waals surface area contributed by atoms with E-state index < -0.39 is 0 Å². The van der Waals surface area contributed by atoms with Crippen LogP contribution in [0.2, 0.25) is 0 Å². The summed E-state index contributed by atoms with van der Waals surface area (Å²) in [4.78, 5) is 0. The molecular formula is C17H33N. The maximum absolute atomic E-state index is 3.67. The van der Waals surface area contributed by atoms with E-state index in [4.69, 9.17) is 0 Å². The quantitative estimate of drug-likeness (QED) is 0.711. The molecule has 1 heteroatoms. The van der Waals surface area contributed by atoms with E-state index >= 15 is 0 Å². The molecule has 0 aromatic rings. The largest absolute Gasteiger partial charge is 0.316 e. The third-order valence-electron chi connectivity index (χ3n) is 5.80. The summed E-state index contributed by atoms with van der Waals surface area (Å²) in [6.45, 7) is 9.70. The number of rotatable bonds is 5. The van der Waals surface area contributed by atoms with Gasteiger partial charge in [0.1, 0.15) is 0 Å². The highest BCUT2D eigenvalue weighted by Gasteiger charge is 2.36. The van der Waals surface area contributed by atoms with Gasteiger partial charge in [0.15, 0.2) is 0 Å². The van der Waals surface area contributed by atoms with Crippen LogP contribution in [0.3, 0.4) is 0 Å². The van der Waals surface area contributed by atoms with Crippen molar-refractivity contribution in [3.63, 3.8) is 0 Å². The molecular weight excluding hydrogens is 218 g/mol. The van der Waals surface area contributed by atoms with Crippen LogP contribution in [-0.4, -0.2) is 13.1 Å². The Kier molecular flexibility index (Phi) is 5.54. The zero-order valence-corrected chi connectivity index (χ0v) is 12.8. The maximum atomic E-state index is 3.67. The van der Waals surface area contributed by atoms with E-state index in [2.05, 4.69) is 26.1 Å². The van der Waals surface area contributed by atoms with Crippen LogP contribution in [0.1, 0.15) is 65.7 Å². The molecule has 2 aliphatic rings. The fourth-order valence-corrected chi connectivity index (χ4v) is 4.38. The molecule has 0 amide bonds. The summed E-state index contributed by atoms with van der Waals surface area (Å²) in [5.74, 6) is 5.02. The van der Waals surface area contributed by atoms with Crippen LogP contribution in [0.15, 0.2) is 0 Å². The van der Waals surface area contributed by atoms with Crippen molar-refractivity contribution in [1.82, 2.24) is 5.32 Å². The summed E-state index contributed by atoms with van der Waals surface area (Å²) in [6.07, 6.45) is 10.3. The summed E-state index contributed by atoms with van der Waals surface area (Å²) < 4.78 is 0. The lowest BCUT2D eigenvalue weighted by atomic mass is 9.69. The molecule has 0 aromatic heterocycles. The van der Waals surface area contributed by atoms with Crippen LogP contribution >= 0.6 is 0 Å². The minimum absolute atomic E-state index is 0.966. The van der Waals surface area contributed by atoms with E-state index in [1.54, 1.807) is 0 Å². The maximum Gasteiger partial charge on any atom is -0.00178 e. The second kappa shape index (κ2) is 6.93. The fourth-order valence-electron chi connectivity index (χ4n) is 4.38. The van der Waals surface area contributed by atoms with Crippen LogP contribution in [0, 0.1) is 29.6 Å². The third-order valence-corrected chi connectivity index (χ3v) is 5.80. The van der Waals surface area contributed by atoms with Crippen LogP contribution in [0.5, 0.6) is 0 Å². The van der Waals surface area contributed by atoms with Crippen LogP contribution in [-0.2, 0) is 0 Å². The molecule has 0 heterocycles. The molecule has 1 N–H and O–H groups in total. The van der Waals surface area contributed by atoms with Gasteiger partial charge in [0.25, 0.3) is 0 Å². The Morgan fingerprint density at radius 2 is 1.83 bits per heavy atom. The number of hydrogen-bond acceptors (Lipinski definition) is 1. The number of nitrogens with one attached hydrogen (secondary N) is 1. The van der Waals surface area contributed by atoms with Gasteiger partial charge in [0.2, 0.25) is 0 Å². The standard InChI is InChI=1S/C17H33N/c1-4-10-18-12-16-6-5-7-17(16)15-9-8-13(2)14(3)11-15/h13-18H,4-12H2,1-3H3. The zero-order chi connectivity index (χ0) is 13.0. The highest BCUT2D eigenvalue weighted by atomic mass is 14.9. The van der Waals surface area contributed by atoms with Crippen molar-refractivity contribution in [1.29, 1.82) is 0 Å². The van der Waals surface area contributed by atoms with Crippen LogP contribution in [0.4, 0.5) is 0 Å². The lowest BCUT2D eigenvalue weighted by Gasteiger charge is -2.37. The predicted molar refractivity (Wildman–Crippen MR) is 79.7 cm³/mol. The summed E-state index contributed by atoms with van der Waals surface area (Å²) in [5, 5.41) is 3.67. The van der Waals surface area contributed by atoms with E-state index in [1.165, 1.54) is 58.0 Å². The molecule has 0 spiro atoms.